The van der Waals surface area contributed by atoms with Crippen LogP contribution in [0, 0.1) is 0 Å². The molecule has 0 radical (unpaired) electrons. The van der Waals surface area contributed by atoms with Crippen molar-refractivity contribution in [2.24, 2.45) is 0 Å². The molecular weight excluding hydrogens is 254 g/mol. The van der Waals surface area contributed by atoms with Crippen molar-refractivity contribution >= 4 is 11.4 Å². The normalized spacial score (nSPS) is 10.9. The van der Waals surface area contributed by atoms with Gasteiger partial charge in [-0.2, -0.15) is 0 Å². The summed E-state index contributed by atoms with van der Waals surface area (Å²) in [6.45, 7) is 0. The van der Waals surface area contributed by atoms with E-state index in [0.29, 0.717) is 0 Å². The summed E-state index contributed by atoms with van der Waals surface area (Å²) < 4.78 is 0. The smallest absolute Gasteiger partial charge is 0.0464 e. The third-order valence-electron chi connectivity index (χ3n) is 3.85. The lowest BCUT2D eigenvalue weighted by atomic mass is 10.1. The molecule has 100 valence electrons. The average Bonchev–Trinajstić information content (AvgIpc) is 3.07. The molecule has 0 spiro atoms. The molecule has 0 saturated heterocycles. The predicted octanol–water partition coefficient (Wildman–Crippen LogP) is 5.64. The molecule has 4 aliphatic rings. The Morgan fingerprint density at radius 2 is 0.857 bits per heavy atom. The largest absolute Gasteiger partial charge is 0.355 e. The van der Waals surface area contributed by atoms with Crippen LogP contribution in [0.3, 0.4) is 0 Å². The fourth-order valence-electron chi connectivity index (χ4n) is 2.81. The van der Waals surface area contributed by atoms with Crippen molar-refractivity contribution in [1.82, 2.24) is 0 Å². The molecule has 21 heavy (non-hydrogen) atoms. The molecule has 0 amide bonds. The van der Waals surface area contributed by atoms with Crippen LogP contribution in [0.2, 0.25) is 0 Å². The zero-order chi connectivity index (χ0) is 14.1. The fourth-order valence-corrected chi connectivity index (χ4v) is 2.81. The summed E-state index contributed by atoms with van der Waals surface area (Å²) in [6.07, 6.45) is 0. The van der Waals surface area contributed by atoms with E-state index < -0.39 is 0 Å². The minimum Gasteiger partial charge on any atom is -0.355 e. The highest BCUT2D eigenvalue weighted by Crippen LogP contribution is 2.35. The van der Waals surface area contributed by atoms with Crippen LogP contribution in [0.5, 0.6) is 0 Å². The van der Waals surface area contributed by atoms with Gasteiger partial charge in [-0.05, 0) is 23.3 Å². The van der Waals surface area contributed by atoms with Crippen LogP contribution >= 0.6 is 0 Å². The standard InChI is InChI=1S/C20H15N/c1-3-13-19(17-11-5-9-15(17)7-1)21-20-14-4-2-8-16-10-6-12-18(16)20/h1-14,21H. The molecule has 0 unspecified atom stereocenters. The first-order valence-corrected chi connectivity index (χ1v) is 7.14. The lowest BCUT2D eigenvalue weighted by Gasteiger charge is -2.10. The number of anilines is 2. The number of hydrogen-bond donors (Lipinski definition) is 1. The Balaban J connectivity index is 1.83. The van der Waals surface area contributed by atoms with Crippen molar-refractivity contribution in [2.75, 3.05) is 5.32 Å². The van der Waals surface area contributed by atoms with Crippen LogP contribution < -0.4 is 5.32 Å². The van der Waals surface area contributed by atoms with E-state index in [1.807, 2.05) is 0 Å². The third kappa shape index (κ3) is 2.13. The summed E-state index contributed by atoms with van der Waals surface area (Å²) in [5.74, 6) is 0. The van der Waals surface area contributed by atoms with Gasteiger partial charge in [0.05, 0.1) is 0 Å². The van der Waals surface area contributed by atoms with Crippen LogP contribution in [0.1, 0.15) is 0 Å². The number of nitrogens with one attached hydrogen (secondary N) is 1. The second-order valence-electron chi connectivity index (χ2n) is 5.18. The van der Waals surface area contributed by atoms with Crippen molar-refractivity contribution < 1.29 is 0 Å². The van der Waals surface area contributed by atoms with Crippen molar-refractivity contribution in [3.05, 3.63) is 84.9 Å². The van der Waals surface area contributed by atoms with Crippen LogP contribution in [0.25, 0.3) is 22.3 Å². The summed E-state index contributed by atoms with van der Waals surface area (Å²) in [6, 6.07) is 29.6. The highest BCUT2D eigenvalue weighted by atomic mass is 14.9. The van der Waals surface area contributed by atoms with Gasteiger partial charge in [0.2, 0.25) is 0 Å². The van der Waals surface area contributed by atoms with Crippen molar-refractivity contribution in [1.29, 1.82) is 0 Å². The maximum Gasteiger partial charge on any atom is 0.0464 e. The maximum absolute atomic E-state index is 3.60. The summed E-state index contributed by atoms with van der Waals surface area (Å²) >= 11 is 0. The first-order valence-electron chi connectivity index (χ1n) is 7.14. The Morgan fingerprint density at radius 3 is 1.38 bits per heavy atom. The van der Waals surface area contributed by atoms with Gasteiger partial charge in [0.1, 0.15) is 0 Å². The predicted molar refractivity (Wildman–Crippen MR) is 89.4 cm³/mol. The topological polar surface area (TPSA) is 12.0 Å². The van der Waals surface area contributed by atoms with Gasteiger partial charge < -0.3 is 5.32 Å². The van der Waals surface area contributed by atoms with Gasteiger partial charge in [-0.1, -0.05) is 72.8 Å². The Hall–Kier alpha value is -2.80. The molecule has 1 heteroatoms. The van der Waals surface area contributed by atoms with E-state index in [2.05, 4.69) is 90.2 Å². The highest BCUT2D eigenvalue weighted by molar-refractivity contribution is 5.87. The van der Waals surface area contributed by atoms with Crippen LogP contribution in [0.15, 0.2) is 84.9 Å². The first kappa shape index (κ1) is 12.0. The van der Waals surface area contributed by atoms with Gasteiger partial charge in [-0.3, -0.25) is 0 Å². The Labute approximate surface area is 124 Å². The Kier molecular flexibility index (Phi) is 2.82. The molecule has 1 nitrogen and oxygen atoms in total. The quantitative estimate of drug-likeness (QED) is 0.496. The van der Waals surface area contributed by atoms with Crippen molar-refractivity contribution in [3.63, 3.8) is 0 Å². The fraction of sp³-hybridized carbons (Fsp3) is 0. The van der Waals surface area contributed by atoms with E-state index in [1.54, 1.807) is 0 Å². The molecule has 0 aliphatic heterocycles. The summed E-state index contributed by atoms with van der Waals surface area (Å²) in [5.41, 5.74) is 7.25. The maximum atomic E-state index is 3.60. The van der Waals surface area contributed by atoms with E-state index in [4.69, 9.17) is 0 Å². The Morgan fingerprint density at radius 1 is 0.429 bits per heavy atom. The highest BCUT2D eigenvalue weighted by Gasteiger charge is 2.09. The van der Waals surface area contributed by atoms with Gasteiger partial charge in [-0.25, -0.2) is 0 Å². The minimum absolute atomic E-state index is 1.13. The molecule has 0 saturated carbocycles. The second kappa shape index (κ2) is 4.95. The van der Waals surface area contributed by atoms with Gasteiger partial charge in [0, 0.05) is 22.5 Å². The van der Waals surface area contributed by atoms with E-state index >= 15 is 0 Å². The van der Waals surface area contributed by atoms with E-state index in [9.17, 15) is 0 Å². The molecule has 0 atom stereocenters. The molecule has 1 N–H and O–H groups in total. The lowest BCUT2D eigenvalue weighted by Crippen LogP contribution is -1.91. The SMILES string of the molecule is c1ccc(Nc2ccccc3cccc2-3)c2cccc-2c1. The molecule has 0 aromatic heterocycles. The van der Waals surface area contributed by atoms with E-state index in [1.165, 1.54) is 22.3 Å². The van der Waals surface area contributed by atoms with Gasteiger partial charge in [-0.15, -0.1) is 0 Å². The molecule has 0 aromatic carbocycles. The lowest BCUT2D eigenvalue weighted by molar-refractivity contribution is 1.61. The van der Waals surface area contributed by atoms with Crippen molar-refractivity contribution in [3.8, 4) is 22.3 Å². The molecule has 0 heterocycles. The zero-order valence-corrected chi connectivity index (χ0v) is 11.6. The molecule has 0 fully saturated rings. The average molecular weight is 269 g/mol. The molecule has 4 aliphatic carbocycles. The number of hydrogen-bond acceptors (Lipinski definition) is 1. The van der Waals surface area contributed by atoms with Crippen LogP contribution in [-0.2, 0) is 0 Å². The summed E-state index contributed by atoms with van der Waals surface area (Å²) in [7, 11) is 0. The first-order chi connectivity index (χ1) is 10.4. The Bertz CT molecular complexity index is 764. The van der Waals surface area contributed by atoms with Gasteiger partial charge >= 0.3 is 0 Å². The van der Waals surface area contributed by atoms with E-state index in [0.717, 1.165) is 11.4 Å². The van der Waals surface area contributed by atoms with E-state index in [-0.39, 0.29) is 0 Å². The molecule has 0 bridgehead atoms. The third-order valence-corrected chi connectivity index (χ3v) is 3.85. The monoisotopic (exact) mass is 269 g/mol. The van der Waals surface area contributed by atoms with Gasteiger partial charge in [0.15, 0.2) is 0 Å². The van der Waals surface area contributed by atoms with Crippen LogP contribution in [0.4, 0.5) is 11.4 Å². The van der Waals surface area contributed by atoms with Crippen molar-refractivity contribution in [2.45, 2.75) is 0 Å². The molecule has 0 aromatic rings. The molecular formula is C20H15N. The number of rotatable bonds is 2. The second-order valence-corrected chi connectivity index (χ2v) is 5.18. The number of fused-ring (bicyclic) bond motifs is 2. The minimum atomic E-state index is 1.13. The summed E-state index contributed by atoms with van der Waals surface area (Å²) in [5, 5.41) is 3.60. The van der Waals surface area contributed by atoms with Crippen LogP contribution in [-0.4, -0.2) is 0 Å². The molecule has 4 rings (SSSR count). The summed E-state index contributed by atoms with van der Waals surface area (Å²) in [4.78, 5) is 0. The van der Waals surface area contributed by atoms with Gasteiger partial charge in [0.25, 0.3) is 0 Å². The zero-order valence-electron chi connectivity index (χ0n) is 11.6.